The molecule has 1 atom stereocenters. The number of aromatic nitrogens is 3. The van der Waals surface area contributed by atoms with Crippen LogP contribution in [0.4, 0.5) is 0 Å². The Bertz CT molecular complexity index is 562. The fourth-order valence-electron chi connectivity index (χ4n) is 2.25. The SMILES string of the molecule is CNC(c1cnccc1C)c1c(Br)cnn1C(C)C. The topological polar surface area (TPSA) is 42.7 Å². The van der Waals surface area contributed by atoms with Gasteiger partial charge in [0.2, 0.25) is 0 Å². The molecule has 1 N–H and O–H groups in total. The summed E-state index contributed by atoms with van der Waals surface area (Å²) in [7, 11) is 1.96. The number of aryl methyl sites for hydroxylation is 1. The minimum Gasteiger partial charge on any atom is -0.308 e. The molecular formula is C14H19BrN4. The summed E-state index contributed by atoms with van der Waals surface area (Å²) in [5, 5.41) is 7.82. The van der Waals surface area contributed by atoms with Crippen molar-refractivity contribution in [1.29, 1.82) is 0 Å². The second kappa shape index (κ2) is 5.84. The number of nitrogens with one attached hydrogen (secondary N) is 1. The van der Waals surface area contributed by atoms with Crippen molar-refractivity contribution in [2.45, 2.75) is 32.9 Å². The van der Waals surface area contributed by atoms with E-state index in [0.29, 0.717) is 6.04 Å². The molecule has 0 amide bonds. The van der Waals surface area contributed by atoms with Crippen molar-refractivity contribution < 1.29 is 0 Å². The van der Waals surface area contributed by atoms with Crippen LogP contribution in [0.2, 0.25) is 0 Å². The van der Waals surface area contributed by atoms with Gasteiger partial charge in [0.25, 0.3) is 0 Å². The van der Waals surface area contributed by atoms with Crippen LogP contribution in [0, 0.1) is 6.92 Å². The third kappa shape index (κ3) is 2.72. The van der Waals surface area contributed by atoms with Crippen LogP contribution >= 0.6 is 15.9 Å². The van der Waals surface area contributed by atoms with E-state index >= 15 is 0 Å². The summed E-state index contributed by atoms with van der Waals surface area (Å²) in [6.45, 7) is 6.36. The van der Waals surface area contributed by atoms with Gasteiger partial charge in [-0.1, -0.05) is 0 Å². The third-order valence-corrected chi connectivity index (χ3v) is 3.84. The number of hydrogen-bond acceptors (Lipinski definition) is 3. The van der Waals surface area contributed by atoms with Crippen LogP contribution in [0.1, 0.15) is 42.8 Å². The average molecular weight is 323 g/mol. The van der Waals surface area contributed by atoms with E-state index in [2.05, 4.69) is 52.1 Å². The Balaban J connectivity index is 2.55. The molecule has 102 valence electrons. The van der Waals surface area contributed by atoms with Gasteiger partial charge in [-0.15, -0.1) is 0 Å². The van der Waals surface area contributed by atoms with Crippen LogP contribution in [0.25, 0.3) is 0 Å². The molecule has 2 heterocycles. The van der Waals surface area contributed by atoms with E-state index in [1.807, 2.05) is 36.4 Å². The van der Waals surface area contributed by atoms with Crippen molar-refractivity contribution in [3.8, 4) is 0 Å². The zero-order valence-electron chi connectivity index (χ0n) is 11.7. The van der Waals surface area contributed by atoms with Crippen LogP contribution in [0.3, 0.4) is 0 Å². The van der Waals surface area contributed by atoms with Crippen molar-refractivity contribution in [2.24, 2.45) is 0 Å². The van der Waals surface area contributed by atoms with Crippen molar-refractivity contribution in [2.75, 3.05) is 7.05 Å². The summed E-state index contributed by atoms with van der Waals surface area (Å²) < 4.78 is 3.06. The molecule has 0 saturated heterocycles. The number of nitrogens with zero attached hydrogens (tertiary/aromatic N) is 3. The molecule has 0 radical (unpaired) electrons. The molecule has 0 aliphatic heterocycles. The number of halogens is 1. The first kappa shape index (κ1) is 14.2. The molecule has 5 heteroatoms. The highest BCUT2D eigenvalue weighted by Crippen LogP contribution is 2.31. The summed E-state index contributed by atoms with van der Waals surface area (Å²) in [4.78, 5) is 4.24. The molecule has 0 aliphatic carbocycles. The predicted octanol–water partition coefficient (Wildman–Crippen LogP) is 3.24. The Labute approximate surface area is 122 Å². The van der Waals surface area contributed by atoms with Crippen LogP contribution in [-0.4, -0.2) is 21.8 Å². The van der Waals surface area contributed by atoms with Crippen molar-refractivity contribution >= 4 is 15.9 Å². The summed E-state index contributed by atoms with van der Waals surface area (Å²) in [6.07, 6.45) is 5.59. The van der Waals surface area contributed by atoms with E-state index in [0.717, 1.165) is 10.2 Å². The van der Waals surface area contributed by atoms with Crippen LogP contribution < -0.4 is 5.32 Å². The summed E-state index contributed by atoms with van der Waals surface area (Å²) in [5.74, 6) is 0. The molecule has 4 nitrogen and oxygen atoms in total. The fraction of sp³-hybridized carbons (Fsp3) is 0.429. The first-order valence-electron chi connectivity index (χ1n) is 6.37. The monoisotopic (exact) mass is 322 g/mol. The summed E-state index contributed by atoms with van der Waals surface area (Å²) in [6, 6.07) is 2.42. The molecule has 19 heavy (non-hydrogen) atoms. The molecular weight excluding hydrogens is 304 g/mol. The van der Waals surface area contributed by atoms with Crippen LogP contribution in [0.5, 0.6) is 0 Å². The number of pyridine rings is 1. The lowest BCUT2D eigenvalue weighted by Gasteiger charge is -2.22. The minimum atomic E-state index is 0.0768. The number of hydrogen-bond donors (Lipinski definition) is 1. The molecule has 0 aliphatic rings. The molecule has 0 saturated carbocycles. The first-order valence-corrected chi connectivity index (χ1v) is 7.16. The van der Waals surface area contributed by atoms with Gasteiger partial charge in [0.05, 0.1) is 22.4 Å². The van der Waals surface area contributed by atoms with Gasteiger partial charge in [-0.05, 0) is 60.9 Å². The van der Waals surface area contributed by atoms with Crippen molar-refractivity contribution in [1.82, 2.24) is 20.1 Å². The standard InChI is InChI=1S/C14H19BrN4/c1-9(2)19-14(12(15)8-18-19)13(16-4)11-7-17-6-5-10(11)3/h5-9,13,16H,1-4H3. The molecule has 0 fully saturated rings. The Morgan fingerprint density at radius 3 is 2.63 bits per heavy atom. The van der Waals surface area contributed by atoms with Crippen molar-refractivity contribution in [3.63, 3.8) is 0 Å². The maximum absolute atomic E-state index is 4.45. The third-order valence-electron chi connectivity index (χ3n) is 3.23. The molecule has 0 bridgehead atoms. The van der Waals surface area contributed by atoms with Gasteiger partial charge in [0.1, 0.15) is 0 Å². The van der Waals surface area contributed by atoms with Crippen LogP contribution in [0.15, 0.2) is 29.1 Å². The Kier molecular flexibility index (Phi) is 4.37. The molecule has 0 aromatic carbocycles. The lowest BCUT2D eigenvalue weighted by atomic mass is 10.0. The van der Waals surface area contributed by atoms with E-state index < -0.39 is 0 Å². The summed E-state index contributed by atoms with van der Waals surface area (Å²) >= 11 is 3.60. The average Bonchev–Trinajstić information content (AvgIpc) is 2.75. The lowest BCUT2D eigenvalue weighted by molar-refractivity contribution is 0.482. The number of rotatable bonds is 4. The van der Waals surface area contributed by atoms with Gasteiger partial charge in [0, 0.05) is 18.4 Å². The molecule has 2 aromatic rings. The van der Waals surface area contributed by atoms with Gasteiger partial charge in [-0.2, -0.15) is 5.10 Å². The van der Waals surface area contributed by atoms with E-state index in [1.165, 1.54) is 11.1 Å². The zero-order chi connectivity index (χ0) is 14.0. The predicted molar refractivity (Wildman–Crippen MR) is 80.2 cm³/mol. The van der Waals surface area contributed by atoms with Gasteiger partial charge < -0.3 is 5.32 Å². The highest BCUT2D eigenvalue weighted by Gasteiger charge is 2.23. The minimum absolute atomic E-state index is 0.0768. The Morgan fingerprint density at radius 1 is 1.32 bits per heavy atom. The quantitative estimate of drug-likeness (QED) is 0.939. The fourth-order valence-corrected chi connectivity index (χ4v) is 2.75. The largest absolute Gasteiger partial charge is 0.308 e. The van der Waals surface area contributed by atoms with Gasteiger partial charge in [-0.3, -0.25) is 9.67 Å². The highest BCUT2D eigenvalue weighted by atomic mass is 79.9. The molecule has 2 rings (SSSR count). The van der Waals surface area contributed by atoms with Crippen LogP contribution in [-0.2, 0) is 0 Å². The van der Waals surface area contributed by atoms with Gasteiger partial charge >= 0.3 is 0 Å². The highest BCUT2D eigenvalue weighted by molar-refractivity contribution is 9.10. The Hall–Kier alpha value is -1.20. The summed E-state index contributed by atoms with van der Waals surface area (Å²) in [5.41, 5.74) is 3.53. The van der Waals surface area contributed by atoms with E-state index in [9.17, 15) is 0 Å². The normalized spacial score (nSPS) is 12.9. The van der Waals surface area contributed by atoms with Crippen molar-refractivity contribution in [3.05, 3.63) is 46.0 Å². The smallest absolute Gasteiger partial charge is 0.0775 e. The second-order valence-electron chi connectivity index (χ2n) is 4.87. The van der Waals surface area contributed by atoms with E-state index in [1.54, 1.807) is 0 Å². The maximum atomic E-state index is 4.45. The van der Waals surface area contributed by atoms with Gasteiger partial charge in [-0.25, -0.2) is 0 Å². The van der Waals surface area contributed by atoms with Gasteiger partial charge in [0.15, 0.2) is 0 Å². The van der Waals surface area contributed by atoms with E-state index in [4.69, 9.17) is 0 Å². The zero-order valence-corrected chi connectivity index (χ0v) is 13.3. The lowest BCUT2D eigenvalue weighted by Crippen LogP contribution is -2.23. The first-order chi connectivity index (χ1) is 9.06. The molecule has 1 unspecified atom stereocenters. The molecule has 0 spiro atoms. The second-order valence-corrected chi connectivity index (χ2v) is 5.72. The molecule has 2 aromatic heterocycles. The maximum Gasteiger partial charge on any atom is 0.0775 e. The van der Waals surface area contributed by atoms with E-state index in [-0.39, 0.29) is 6.04 Å². The Morgan fingerprint density at radius 2 is 2.05 bits per heavy atom.